The number of carbonyl (C=O) groups is 3. The number of urea groups is 1. The first-order chi connectivity index (χ1) is 10.0. The van der Waals surface area contributed by atoms with Crippen LogP contribution in [0.4, 0.5) is 4.79 Å². The van der Waals surface area contributed by atoms with Gasteiger partial charge in [-0.05, 0) is 30.2 Å². The molecule has 2 fully saturated rings. The molecule has 1 saturated carbocycles. The number of hydrogen-bond donors (Lipinski definition) is 1. The van der Waals surface area contributed by atoms with Crippen molar-refractivity contribution in [2.45, 2.75) is 38.1 Å². The van der Waals surface area contributed by atoms with Gasteiger partial charge in [-0.3, -0.25) is 14.5 Å². The van der Waals surface area contributed by atoms with Crippen LogP contribution in [-0.4, -0.2) is 34.7 Å². The number of ketones is 1. The lowest BCUT2D eigenvalue weighted by molar-refractivity contribution is -0.133. The van der Waals surface area contributed by atoms with Crippen LogP contribution in [0.5, 0.6) is 0 Å². The predicted octanol–water partition coefficient (Wildman–Crippen LogP) is 2.43. The van der Waals surface area contributed by atoms with Crippen molar-refractivity contribution in [2.24, 2.45) is 5.92 Å². The molecule has 3 amide bonds. The molecule has 1 saturated heterocycles. The van der Waals surface area contributed by atoms with Crippen LogP contribution in [0.25, 0.3) is 0 Å². The van der Waals surface area contributed by atoms with Gasteiger partial charge in [-0.25, -0.2) is 4.79 Å². The summed E-state index contributed by atoms with van der Waals surface area (Å²) in [5.41, 5.74) is -0.787. The van der Waals surface area contributed by atoms with Crippen molar-refractivity contribution >= 4 is 29.1 Å². The molecule has 112 valence electrons. The number of amides is 3. The molecule has 5 nitrogen and oxygen atoms in total. The smallest absolute Gasteiger partial charge is 0.323 e. The third kappa shape index (κ3) is 2.27. The Labute approximate surface area is 127 Å². The minimum atomic E-state index is -0.787. The molecule has 3 rings (SSSR count). The highest BCUT2D eigenvalue weighted by Crippen LogP contribution is 2.38. The van der Waals surface area contributed by atoms with E-state index in [0.717, 1.165) is 24.2 Å². The second kappa shape index (κ2) is 5.26. The van der Waals surface area contributed by atoms with Crippen LogP contribution in [0.3, 0.4) is 0 Å². The van der Waals surface area contributed by atoms with Gasteiger partial charge in [0.25, 0.3) is 5.91 Å². The van der Waals surface area contributed by atoms with E-state index >= 15 is 0 Å². The van der Waals surface area contributed by atoms with Crippen LogP contribution in [0, 0.1) is 5.92 Å². The highest BCUT2D eigenvalue weighted by atomic mass is 32.1. The molecule has 2 atom stereocenters. The lowest BCUT2D eigenvalue weighted by Gasteiger charge is -2.36. The number of thiophene rings is 1. The summed E-state index contributed by atoms with van der Waals surface area (Å²) in [4.78, 5) is 38.7. The van der Waals surface area contributed by atoms with Crippen molar-refractivity contribution in [3.05, 3.63) is 22.4 Å². The van der Waals surface area contributed by atoms with E-state index in [-0.39, 0.29) is 24.2 Å². The Morgan fingerprint density at radius 2 is 2.29 bits per heavy atom. The number of rotatable bonds is 3. The summed E-state index contributed by atoms with van der Waals surface area (Å²) in [6.07, 6.45) is 3.62. The van der Waals surface area contributed by atoms with Crippen LogP contribution in [0.15, 0.2) is 17.5 Å². The van der Waals surface area contributed by atoms with Crippen molar-refractivity contribution in [3.63, 3.8) is 0 Å². The molecule has 2 aliphatic rings. The Kier molecular flexibility index (Phi) is 3.57. The quantitative estimate of drug-likeness (QED) is 0.689. The first-order valence-electron chi connectivity index (χ1n) is 7.25. The zero-order valence-electron chi connectivity index (χ0n) is 11.9. The molecule has 0 radical (unpaired) electrons. The van der Waals surface area contributed by atoms with Gasteiger partial charge in [0.2, 0.25) is 0 Å². The summed E-state index contributed by atoms with van der Waals surface area (Å²) in [6, 6.07) is 3.07. The second-order valence-corrected chi connectivity index (χ2v) is 6.79. The first kappa shape index (κ1) is 14.3. The van der Waals surface area contributed by atoms with Crippen molar-refractivity contribution in [3.8, 4) is 0 Å². The number of carbonyl (C=O) groups excluding carboxylic acids is 3. The van der Waals surface area contributed by atoms with Crippen molar-refractivity contribution in [1.29, 1.82) is 0 Å². The van der Waals surface area contributed by atoms with Gasteiger partial charge >= 0.3 is 6.03 Å². The molecule has 0 unspecified atom stereocenters. The SMILES string of the molecule is C[C@@H]1CCCC[C@@]12NC(=O)N(CC(=O)c1cccs1)C2=O. The van der Waals surface area contributed by atoms with Gasteiger partial charge in [-0.15, -0.1) is 11.3 Å². The Hall–Kier alpha value is -1.69. The third-order valence-corrected chi connectivity index (χ3v) is 5.51. The molecule has 0 aromatic carbocycles. The first-order valence-corrected chi connectivity index (χ1v) is 8.13. The van der Waals surface area contributed by atoms with E-state index in [1.165, 1.54) is 11.3 Å². The van der Waals surface area contributed by atoms with Gasteiger partial charge in [0.05, 0.1) is 11.4 Å². The minimum Gasteiger partial charge on any atom is -0.323 e. The van der Waals surface area contributed by atoms with E-state index in [9.17, 15) is 14.4 Å². The summed E-state index contributed by atoms with van der Waals surface area (Å²) in [6.45, 7) is 1.83. The average molecular weight is 306 g/mol. The molecule has 21 heavy (non-hydrogen) atoms. The molecule has 0 bridgehead atoms. The fourth-order valence-corrected chi connectivity index (χ4v) is 3.95. The number of hydrogen-bond acceptors (Lipinski definition) is 4. The van der Waals surface area contributed by atoms with Gasteiger partial charge in [0.15, 0.2) is 5.78 Å². The zero-order chi connectivity index (χ0) is 15.0. The Bertz CT molecular complexity index is 584. The maximum Gasteiger partial charge on any atom is 0.325 e. The van der Waals surface area contributed by atoms with Gasteiger partial charge in [-0.1, -0.05) is 25.8 Å². The molecule has 1 aromatic rings. The number of nitrogens with one attached hydrogen (secondary N) is 1. The van der Waals surface area contributed by atoms with E-state index in [1.54, 1.807) is 12.1 Å². The molecule has 1 aliphatic carbocycles. The topological polar surface area (TPSA) is 66.5 Å². The van der Waals surface area contributed by atoms with E-state index in [0.29, 0.717) is 11.3 Å². The van der Waals surface area contributed by atoms with Gasteiger partial charge < -0.3 is 5.32 Å². The van der Waals surface area contributed by atoms with E-state index in [1.807, 2.05) is 12.3 Å². The van der Waals surface area contributed by atoms with Gasteiger partial charge in [0, 0.05) is 0 Å². The minimum absolute atomic E-state index is 0.115. The molecule has 6 heteroatoms. The lowest BCUT2D eigenvalue weighted by Crippen LogP contribution is -2.54. The largest absolute Gasteiger partial charge is 0.325 e. The van der Waals surface area contributed by atoms with E-state index < -0.39 is 11.6 Å². The molecular formula is C15H18N2O3S. The standard InChI is InChI=1S/C15H18N2O3S/c1-10-5-2-3-7-15(10)13(19)17(14(20)16-15)9-11(18)12-6-4-8-21-12/h4,6,8,10H,2-3,5,7,9H2,1H3,(H,16,20)/t10-,15-/m1/s1. The van der Waals surface area contributed by atoms with Gasteiger partial charge in [0.1, 0.15) is 5.54 Å². The normalized spacial score (nSPS) is 29.0. The summed E-state index contributed by atoms with van der Waals surface area (Å²) in [7, 11) is 0. The van der Waals surface area contributed by atoms with Crippen LogP contribution in [0.1, 0.15) is 42.3 Å². The molecule has 1 spiro atoms. The molecule has 1 N–H and O–H groups in total. The summed E-state index contributed by atoms with van der Waals surface area (Å²) in [5.74, 6) is -0.303. The number of nitrogens with zero attached hydrogens (tertiary/aromatic N) is 1. The maximum atomic E-state index is 12.7. The van der Waals surface area contributed by atoms with Crippen molar-refractivity contribution in [2.75, 3.05) is 6.54 Å². The Balaban J connectivity index is 1.79. The second-order valence-electron chi connectivity index (χ2n) is 5.84. The highest BCUT2D eigenvalue weighted by molar-refractivity contribution is 7.12. The molecule has 1 aliphatic heterocycles. The third-order valence-electron chi connectivity index (χ3n) is 4.60. The van der Waals surface area contributed by atoms with Gasteiger partial charge in [-0.2, -0.15) is 0 Å². The summed E-state index contributed by atoms with van der Waals surface area (Å²) in [5, 5.41) is 4.67. The molecule has 2 heterocycles. The lowest BCUT2D eigenvalue weighted by atomic mass is 9.73. The Morgan fingerprint density at radius 1 is 1.48 bits per heavy atom. The van der Waals surface area contributed by atoms with Crippen LogP contribution in [0.2, 0.25) is 0 Å². The maximum absolute atomic E-state index is 12.7. The van der Waals surface area contributed by atoms with E-state index in [4.69, 9.17) is 0 Å². The van der Waals surface area contributed by atoms with Crippen LogP contribution >= 0.6 is 11.3 Å². The van der Waals surface area contributed by atoms with Crippen molar-refractivity contribution in [1.82, 2.24) is 10.2 Å². The average Bonchev–Trinajstić information content (AvgIpc) is 3.06. The summed E-state index contributed by atoms with van der Waals surface area (Å²) >= 11 is 1.33. The fourth-order valence-electron chi connectivity index (χ4n) is 3.30. The number of imide groups is 1. The zero-order valence-corrected chi connectivity index (χ0v) is 12.7. The summed E-state index contributed by atoms with van der Waals surface area (Å²) < 4.78 is 0. The van der Waals surface area contributed by atoms with Crippen LogP contribution < -0.4 is 5.32 Å². The molecule has 1 aromatic heterocycles. The van der Waals surface area contributed by atoms with E-state index in [2.05, 4.69) is 5.32 Å². The highest BCUT2D eigenvalue weighted by Gasteiger charge is 2.55. The number of Topliss-reactive ketones (excluding diaryl/α,β-unsaturated/α-hetero) is 1. The van der Waals surface area contributed by atoms with Crippen LogP contribution in [-0.2, 0) is 4.79 Å². The van der Waals surface area contributed by atoms with Crippen molar-refractivity contribution < 1.29 is 14.4 Å². The predicted molar refractivity (Wildman–Crippen MR) is 79.3 cm³/mol. The fraction of sp³-hybridized carbons (Fsp3) is 0.533. The monoisotopic (exact) mass is 306 g/mol. The molecular weight excluding hydrogens is 288 g/mol. The Morgan fingerprint density at radius 3 is 2.95 bits per heavy atom.